The number of carbonyl (C=O) groups excluding carboxylic acids is 1. The first-order chi connectivity index (χ1) is 8.99. The largest absolute Gasteiger partial charge is 0.382 e. The molecular weight excluding hydrogens is 260 g/mol. The molecule has 1 atom stereocenters. The minimum atomic E-state index is -0.103. The fraction of sp³-hybridized carbons (Fsp3) is 0.692. The van der Waals surface area contributed by atoms with Crippen molar-refractivity contribution >= 4 is 28.3 Å². The van der Waals surface area contributed by atoms with Crippen LogP contribution in [-0.2, 0) is 0 Å². The topological polar surface area (TPSA) is 80.0 Å². The van der Waals surface area contributed by atoms with E-state index in [0.717, 1.165) is 24.4 Å². The summed E-state index contributed by atoms with van der Waals surface area (Å²) in [5.74, 6) is 1.35. The molecule has 0 radical (unpaired) electrons. The molecule has 0 spiro atoms. The molecule has 0 aliphatic heterocycles. The maximum absolute atomic E-state index is 12.1. The second-order valence-corrected chi connectivity index (χ2v) is 6.40. The van der Waals surface area contributed by atoms with E-state index in [9.17, 15) is 4.79 Å². The standard InChI is InChI=1S/C13H22N4OS/c1-7(2)8(3)6-15-13-10(11(14)17-19-13)12(18)16-9-4-5-9/h7-9,15H,4-6H2,1-3H3,(H2,14,17)(H,16,18). The highest BCUT2D eigenvalue weighted by atomic mass is 32.1. The van der Waals surface area contributed by atoms with Crippen LogP contribution in [0, 0.1) is 11.8 Å². The second-order valence-electron chi connectivity index (χ2n) is 5.62. The summed E-state index contributed by atoms with van der Waals surface area (Å²) in [4.78, 5) is 12.1. The zero-order valence-corrected chi connectivity index (χ0v) is 12.5. The van der Waals surface area contributed by atoms with Crippen molar-refractivity contribution in [1.82, 2.24) is 9.69 Å². The van der Waals surface area contributed by atoms with Gasteiger partial charge in [0.15, 0.2) is 5.82 Å². The molecule has 2 rings (SSSR count). The maximum atomic E-state index is 12.1. The minimum absolute atomic E-state index is 0.103. The third-order valence-electron chi connectivity index (χ3n) is 3.58. The van der Waals surface area contributed by atoms with Crippen LogP contribution < -0.4 is 16.4 Å². The molecule has 1 unspecified atom stereocenters. The highest BCUT2D eigenvalue weighted by molar-refractivity contribution is 7.11. The van der Waals surface area contributed by atoms with Crippen LogP contribution in [0.4, 0.5) is 10.8 Å². The number of hydrogen-bond donors (Lipinski definition) is 3. The molecule has 19 heavy (non-hydrogen) atoms. The number of nitrogens with two attached hydrogens (primary N) is 1. The van der Waals surface area contributed by atoms with Crippen LogP contribution in [0.25, 0.3) is 0 Å². The molecule has 1 heterocycles. The van der Waals surface area contributed by atoms with Gasteiger partial charge >= 0.3 is 0 Å². The van der Waals surface area contributed by atoms with Crippen molar-refractivity contribution in [3.63, 3.8) is 0 Å². The Hall–Kier alpha value is -1.30. The van der Waals surface area contributed by atoms with E-state index < -0.39 is 0 Å². The molecule has 1 saturated carbocycles. The average molecular weight is 282 g/mol. The Bertz CT molecular complexity index is 453. The molecule has 1 aliphatic rings. The van der Waals surface area contributed by atoms with Crippen LogP contribution in [0.1, 0.15) is 44.0 Å². The number of anilines is 2. The molecule has 1 aliphatic carbocycles. The number of hydrogen-bond acceptors (Lipinski definition) is 5. The molecular formula is C13H22N4OS. The van der Waals surface area contributed by atoms with Gasteiger partial charge in [-0.3, -0.25) is 4.79 Å². The molecule has 5 nitrogen and oxygen atoms in total. The number of aromatic nitrogens is 1. The zero-order chi connectivity index (χ0) is 14.0. The van der Waals surface area contributed by atoms with Crippen molar-refractivity contribution in [2.75, 3.05) is 17.6 Å². The first-order valence-electron chi connectivity index (χ1n) is 6.79. The van der Waals surface area contributed by atoms with Crippen LogP contribution >= 0.6 is 11.5 Å². The van der Waals surface area contributed by atoms with E-state index in [-0.39, 0.29) is 5.91 Å². The Morgan fingerprint density at radius 1 is 1.47 bits per heavy atom. The van der Waals surface area contributed by atoms with E-state index in [0.29, 0.717) is 29.3 Å². The molecule has 1 aromatic rings. The van der Waals surface area contributed by atoms with Gasteiger partial charge in [0, 0.05) is 12.6 Å². The molecule has 6 heteroatoms. The lowest BCUT2D eigenvalue weighted by molar-refractivity contribution is 0.0953. The second kappa shape index (κ2) is 5.77. The van der Waals surface area contributed by atoms with Crippen LogP contribution in [-0.4, -0.2) is 22.9 Å². The number of rotatable bonds is 6. The minimum Gasteiger partial charge on any atom is -0.382 e. The van der Waals surface area contributed by atoms with Gasteiger partial charge in [0.2, 0.25) is 0 Å². The van der Waals surface area contributed by atoms with E-state index in [2.05, 4.69) is 35.8 Å². The predicted octanol–water partition coefficient (Wildman–Crippen LogP) is 2.32. The van der Waals surface area contributed by atoms with Crippen LogP contribution in [0.5, 0.6) is 0 Å². The van der Waals surface area contributed by atoms with Crippen molar-refractivity contribution in [3.05, 3.63) is 5.56 Å². The highest BCUT2D eigenvalue weighted by Crippen LogP contribution is 2.29. The summed E-state index contributed by atoms with van der Waals surface area (Å²) in [5, 5.41) is 7.04. The number of nitrogens with zero attached hydrogens (tertiary/aromatic N) is 1. The van der Waals surface area contributed by atoms with Gasteiger partial charge in [-0.2, -0.15) is 4.37 Å². The third kappa shape index (κ3) is 3.59. The first-order valence-corrected chi connectivity index (χ1v) is 7.56. The number of nitrogens with one attached hydrogen (secondary N) is 2. The molecule has 4 N–H and O–H groups in total. The van der Waals surface area contributed by atoms with Gasteiger partial charge in [0.05, 0.1) is 0 Å². The monoisotopic (exact) mass is 282 g/mol. The van der Waals surface area contributed by atoms with Gasteiger partial charge in [0.25, 0.3) is 5.91 Å². The maximum Gasteiger partial charge on any atom is 0.258 e. The average Bonchev–Trinajstić information content (AvgIpc) is 3.07. The van der Waals surface area contributed by atoms with Gasteiger partial charge in [0.1, 0.15) is 10.6 Å². The molecule has 106 valence electrons. The molecule has 1 amide bonds. The Kier molecular flexibility index (Phi) is 4.29. The van der Waals surface area contributed by atoms with Gasteiger partial charge < -0.3 is 16.4 Å². The Balaban J connectivity index is 2.01. The van der Waals surface area contributed by atoms with Crippen molar-refractivity contribution < 1.29 is 4.79 Å². The fourth-order valence-electron chi connectivity index (χ4n) is 1.62. The van der Waals surface area contributed by atoms with E-state index in [4.69, 9.17) is 5.73 Å². The lowest BCUT2D eigenvalue weighted by Gasteiger charge is -2.16. The summed E-state index contributed by atoms with van der Waals surface area (Å²) in [5.41, 5.74) is 6.31. The lowest BCUT2D eigenvalue weighted by atomic mass is 9.98. The molecule has 1 aromatic heterocycles. The summed E-state index contributed by atoms with van der Waals surface area (Å²) >= 11 is 1.26. The van der Waals surface area contributed by atoms with Gasteiger partial charge in [-0.1, -0.05) is 20.8 Å². The number of carbonyl (C=O) groups is 1. The number of nitrogen functional groups attached to an aromatic ring is 1. The molecule has 1 fully saturated rings. The van der Waals surface area contributed by atoms with E-state index in [1.54, 1.807) is 0 Å². The lowest BCUT2D eigenvalue weighted by Crippen LogP contribution is -2.27. The van der Waals surface area contributed by atoms with Gasteiger partial charge in [-0.15, -0.1) is 0 Å². The smallest absolute Gasteiger partial charge is 0.258 e. The van der Waals surface area contributed by atoms with E-state index in [1.807, 2.05) is 0 Å². The molecule has 0 bridgehead atoms. The summed E-state index contributed by atoms with van der Waals surface area (Å²) < 4.78 is 4.08. The highest BCUT2D eigenvalue weighted by Gasteiger charge is 2.27. The van der Waals surface area contributed by atoms with Crippen molar-refractivity contribution in [2.24, 2.45) is 11.8 Å². The number of amides is 1. The molecule has 0 saturated heterocycles. The van der Waals surface area contributed by atoms with E-state index >= 15 is 0 Å². The summed E-state index contributed by atoms with van der Waals surface area (Å²) in [7, 11) is 0. The third-order valence-corrected chi connectivity index (χ3v) is 4.40. The quantitative estimate of drug-likeness (QED) is 0.748. The Morgan fingerprint density at radius 3 is 2.74 bits per heavy atom. The SMILES string of the molecule is CC(C)C(C)CNc1snc(N)c1C(=O)NC1CC1. The molecule has 0 aromatic carbocycles. The predicted molar refractivity (Wildman–Crippen MR) is 79.5 cm³/mol. The van der Waals surface area contributed by atoms with Crippen molar-refractivity contribution in [2.45, 2.75) is 39.7 Å². The zero-order valence-electron chi connectivity index (χ0n) is 11.7. The summed E-state index contributed by atoms with van der Waals surface area (Å²) in [6.07, 6.45) is 2.13. The Morgan fingerprint density at radius 2 is 2.16 bits per heavy atom. The summed E-state index contributed by atoms with van der Waals surface area (Å²) in [6.45, 7) is 7.39. The van der Waals surface area contributed by atoms with Gasteiger partial charge in [-0.25, -0.2) is 0 Å². The first kappa shape index (κ1) is 14.1. The summed E-state index contributed by atoms with van der Waals surface area (Å²) in [6, 6.07) is 0.328. The van der Waals surface area contributed by atoms with Crippen LogP contribution in [0.2, 0.25) is 0 Å². The van der Waals surface area contributed by atoms with Crippen LogP contribution in [0.15, 0.2) is 0 Å². The van der Waals surface area contributed by atoms with Crippen LogP contribution in [0.3, 0.4) is 0 Å². The van der Waals surface area contributed by atoms with Crippen molar-refractivity contribution in [1.29, 1.82) is 0 Å². The van der Waals surface area contributed by atoms with Gasteiger partial charge in [-0.05, 0) is 36.2 Å². The Labute approximate surface area is 118 Å². The fourth-order valence-corrected chi connectivity index (χ4v) is 2.33. The van der Waals surface area contributed by atoms with Crippen molar-refractivity contribution in [3.8, 4) is 0 Å². The normalized spacial score (nSPS) is 16.4. The van der Waals surface area contributed by atoms with E-state index in [1.165, 1.54) is 11.5 Å².